The molecule has 178 valence electrons. The summed E-state index contributed by atoms with van der Waals surface area (Å²) in [4.78, 5) is 30.7. The molecule has 0 radical (unpaired) electrons. The van der Waals surface area contributed by atoms with E-state index in [4.69, 9.17) is 19.8 Å². The summed E-state index contributed by atoms with van der Waals surface area (Å²) in [5.41, 5.74) is 6.81. The van der Waals surface area contributed by atoms with Crippen LogP contribution in [0.5, 0.6) is 0 Å². The molecule has 0 N–H and O–H groups in total. The van der Waals surface area contributed by atoms with Gasteiger partial charge in [-0.05, 0) is 37.6 Å². The van der Waals surface area contributed by atoms with Crippen LogP contribution in [-0.2, 0) is 17.7 Å². The molecular formula is C26H27N7O2. The molecule has 2 aliphatic heterocycles. The Labute approximate surface area is 203 Å². The molecule has 9 nitrogen and oxygen atoms in total. The van der Waals surface area contributed by atoms with Gasteiger partial charge in [0.15, 0.2) is 11.5 Å². The van der Waals surface area contributed by atoms with Crippen molar-refractivity contribution < 1.29 is 4.74 Å². The fourth-order valence-electron chi connectivity index (χ4n) is 4.86. The lowest BCUT2D eigenvalue weighted by molar-refractivity contribution is 0.122. The fourth-order valence-corrected chi connectivity index (χ4v) is 4.86. The van der Waals surface area contributed by atoms with Gasteiger partial charge in [0.1, 0.15) is 5.82 Å². The third-order valence-electron chi connectivity index (χ3n) is 7.01. The van der Waals surface area contributed by atoms with E-state index in [1.165, 1.54) is 22.3 Å². The second-order valence-corrected chi connectivity index (χ2v) is 9.10. The number of aryl methyl sites for hydroxylation is 1. The molecule has 0 aromatic carbocycles. The summed E-state index contributed by atoms with van der Waals surface area (Å²) in [6.45, 7) is 8.73. The zero-order valence-electron chi connectivity index (χ0n) is 19.9. The van der Waals surface area contributed by atoms with Gasteiger partial charge < -0.3 is 14.5 Å². The average molecular weight is 470 g/mol. The van der Waals surface area contributed by atoms with E-state index in [9.17, 15) is 4.79 Å². The topological polar surface area (TPSA) is 88.8 Å². The van der Waals surface area contributed by atoms with Crippen molar-refractivity contribution in [1.82, 2.24) is 24.6 Å². The predicted octanol–water partition coefficient (Wildman–Crippen LogP) is 2.56. The number of anilines is 2. The number of nitrogens with zero attached hydrogens (tertiary/aromatic N) is 7. The van der Waals surface area contributed by atoms with E-state index in [0.717, 1.165) is 78.9 Å². The Morgan fingerprint density at radius 1 is 0.886 bits per heavy atom. The van der Waals surface area contributed by atoms with Gasteiger partial charge in [-0.2, -0.15) is 4.52 Å². The Bertz CT molecular complexity index is 1460. The molecule has 1 saturated heterocycles. The van der Waals surface area contributed by atoms with Gasteiger partial charge in [0.2, 0.25) is 0 Å². The highest BCUT2D eigenvalue weighted by molar-refractivity contribution is 5.65. The summed E-state index contributed by atoms with van der Waals surface area (Å²) < 4.78 is 6.85. The number of rotatable bonds is 3. The van der Waals surface area contributed by atoms with Crippen molar-refractivity contribution in [3.63, 3.8) is 0 Å². The van der Waals surface area contributed by atoms with Crippen molar-refractivity contribution in [1.29, 1.82) is 0 Å². The van der Waals surface area contributed by atoms with Crippen LogP contribution in [0.1, 0.15) is 22.4 Å². The van der Waals surface area contributed by atoms with Gasteiger partial charge in [-0.15, -0.1) is 5.10 Å². The van der Waals surface area contributed by atoms with Gasteiger partial charge in [0.05, 0.1) is 13.2 Å². The van der Waals surface area contributed by atoms with Crippen molar-refractivity contribution in [3.8, 4) is 11.1 Å². The van der Waals surface area contributed by atoms with Gasteiger partial charge in [-0.3, -0.25) is 9.78 Å². The van der Waals surface area contributed by atoms with Crippen LogP contribution in [0.25, 0.3) is 16.8 Å². The predicted molar refractivity (Wildman–Crippen MR) is 134 cm³/mol. The molecule has 4 aromatic heterocycles. The molecule has 0 unspecified atom stereocenters. The third kappa shape index (κ3) is 3.91. The van der Waals surface area contributed by atoms with Crippen molar-refractivity contribution in [2.45, 2.75) is 26.8 Å². The lowest BCUT2D eigenvalue weighted by Crippen LogP contribution is -2.36. The average Bonchev–Trinajstić information content (AvgIpc) is 2.91. The van der Waals surface area contributed by atoms with Crippen molar-refractivity contribution >= 4 is 17.3 Å². The van der Waals surface area contributed by atoms with Crippen LogP contribution in [0.2, 0.25) is 0 Å². The van der Waals surface area contributed by atoms with Crippen LogP contribution < -0.4 is 15.4 Å². The fraction of sp³-hybridized carbons (Fsp3) is 0.346. The van der Waals surface area contributed by atoms with Gasteiger partial charge in [-0.1, -0.05) is 0 Å². The van der Waals surface area contributed by atoms with Crippen molar-refractivity contribution in [2.24, 2.45) is 0 Å². The van der Waals surface area contributed by atoms with E-state index in [0.29, 0.717) is 12.2 Å². The molecule has 0 aliphatic carbocycles. The monoisotopic (exact) mass is 469 g/mol. The Kier molecular flexibility index (Phi) is 5.41. The van der Waals surface area contributed by atoms with Crippen LogP contribution in [0, 0.1) is 13.8 Å². The van der Waals surface area contributed by atoms with Crippen molar-refractivity contribution in [2.75, 3.05) is 42.6 Å². The van der Waals surface area contributed by atoms with Gasteiger partial charge in [0.25, 0.3) is 5.56 Å². The number of hydrogen-bond acceptors (Lipinski definition) is 8. The zero-order chi connectivity index (χ0) is 23.9. The Balaban J connectivity index is 1.30. The van der Waals surface area contributed by atoms with Crippen LogP contribution in [0.4, 0.5) is 11.6 Å². The molecule has 35 heavy (non-hydrogen) atoms. The van der Waals surface area contributed by atoms with Crippen molar-refractivity contribution in [3.05, 3.63) is 75.6 Å². The lowest BCUT2D eigenvalue weighted by Gasteiger charge is -2.31. The van der Waals surface area contributed by atoms with Crippen LogP contribution in [0.3, 0.4) is 0 Å². The van der Waals surface area contributed by atoms with Gasteiger partial charge >= 0.3 is 0 Å². The number of hydrogen-bond donors (Lipinski definition) is 0. The van der Waals surface area contributed by atoms with E-state index < -0.39 is 0 Å². The molecule has 6 rings (SSSR count). The second kappa shape index (κ2) is 8.74. The highest BCUT2D eigenvalue weighted by atomic mass is 16.5. The first kappa shape index (κ1) is 21.7. The molecule has 0 atom stereocenters. The first-order valence-corrected chi connectivity index (χ1v) is 12.0. The number of aromatic nitrogens is 5. The molecule has 0 bridgehead atoms. The largest absolute Gasteiger partial charge is 0.378 e. The van der Waals surface area contributed by atoms with Gasteiger partial charge in [-0.25, -0.2) is 9.97 Å². The maximum absolute atomic E-state index is 12.4. The van der Waals surface area contributed by atoms with E-state index >= 15 is 0 Å². The maximum atomic E-state index is 12.4. The van der Waals surface area contributed by atoms with Crippen LogP contribution >= 0.6 is 0 Å². The molecular weight excluding hydrogens is 442 g/mol. The van der Waals surface area contributed by atoms with E-state index in [1.54, 1.807) is 0 Å². The normalized spacial score (nSPS) is 15.9. The SMILES string of the molecule is Cc1c(N2CCc3ncc(-c4ccc(N5CCOCC5)nc4)cc3C2)nn2c(=O)ccnc2c1C. The minimum atomic E-state index is -0.172. The first-order valence-electron chi connectivity index (χ1n) is 12.0. The molecule has 9 heteroatoms. The Morgan fingerprint density at radius 2 is 1.71 bits per heavy atom. The van der Waals surface area contributed by atoms with Crippen LogP contribution in [0.15, 0.2) is 47.7 Å². The van der Waals surface area contributed by atoms with E-state index in [-0.39, 0.29) is 5.56 Å². The highest BCUT2D eigenvalue weighted by Crippen LogP contribution is 2.29. The van der Waals surface area contributed by atoms with Gasteiger partial charge in [0, 0.05) is 85.2 Å². The Hall–Kier alpha value is -3.85. The number of morpholine rings is 1. The second-order valence-electron chi connectivity index (χ2n) is 9.10. The van der Waals surface area contributed by atoms with Crippen LogP contribution in [-0.4, -0.2) is 57.4 Å². The quantitative estimate of drug-likeness (QED) is 0.452. The summed E-state index contributed by atoms with van der Waals surface area (Å²) in [6.07, 6.45) is 6.23. The molecule has 0 amide bonds. The number of fused-ring (bicyclic) bond motifs is 2. The van der Waals surface area contributed by atoms with E-state index in [2.05, 4.69) is 33.0 Å². The molecule has 4 aromatic rings. The molecule has 2 aliphatic rings. The summed E-state index contributed by atoms with van der Waals surface area (Å²) in [5.74, 6) is 1.80. The summed E-state index contributed by atoms with van der Waals surface area (Å²) in [5, 5.41) is 4.69. The number of pyridine rings is 2. The molecule has 1 fully saturated rings. The first-order chi connectivity index (χ1) is 17.1. The lowest BCUT2D eigenvalue weighted by atomic mass is 10.0. The van der Waals surface area contributed by atoms with E-state index in [1.807, 2.05) is 26.2 Å². The molecule has 0 spiro atoms. The summed E-state index contributed by atoms with van der Waals surface area (Å²) in [6, 6.07) is 7.83. The minimum Gasteiger partial charge on any atom is -0.378 e. The smallest absolute Gasteiger partial charge is 0.274 e. The Morgan fingerprint density at radius 3 is 2.51 bits per heavy atom. The molecule has 0 saturated carbocycles. The zero-order valence-corrected chi connectivity index (χ0v) is 19.9. The third-order valence-corrected chi connectivity index (χ3v) is 7.01. The molecule has 6 heterocycles. The standard InChI is InChI=1S/C26H27N7O2/c1-17-18(2)26(30-33-24(34)5-7-27-25(17)33)32-8-6-22-21(16-32)13-20(15-28-22)19-3-4-23(29-14-19)31-9-11-35-12-10-31/h3-5,7,13-15H,6,8-12,16H2,1-2H3. The minimum absolute atomic E-state index is 0.172. The maximum Gasteiger partial charge on any atom is 0.274 e. The number of ether oxygens (including phenoxy) is 1. The summed E-state index contributed by atoms with van der Waals surface area (Å²) >= 11 is 0. The highest BCUT2D eigenvalue weighted by Gasteiger charge is 2.23. The summed E-state index contributed by atoms with van der Waals surface area (Å²) in [7, 11) is 0.